The predicted octanol–water partition coefficient (Wildman–Crippen LogP) is 4.04. The molecule has 9 heteroatoms. The van der Waals surface area contributed by atoms with Gasteiger partial charge in [-0.2, -0.15) is 0 Å². The van der Waals surface area contributed by atoms with Crippen molar-refractivity contribution >= 4 is 18.0 Å². The SMILES string of the molecule is CCCCCC(=O)OCCCC(CCCOC(=O)CCCCC)NC(=O)NCCOCCN(C)C. The van der Waals surface area contributed by atoms with Crippen LogP contribution >= 0.6 is 0 Å². The standard InChI is InChI=1S/C26H51N3O6/c1-5-7-9-15-24(30)34-19-11-13-23(14-12-20-35-25(31)16-10-8-6-2)28-26(32)27-17-21-33-22-18-29(3)4/h23H,5-22H2,1-4H3,(H2,27,28,32). The van der Waals surface area contributed by atoms with Crippen molar-refractivity contribution in [3.05, 3.63) is 0 Å². The minimum Gasteiger partial charge on any atom is -0.466 e. The van der Waals surface area contributed by atoms with Gasteiger partial charge in [-0.3, -0.25) is 9.59 Å². The summed E-state index contributed by atoms with van der Waals surface area (Å²) in [6.45, 7) is 7.22. The number of carbonyl (C=O) groups is 3. The summed E-state index contributed by atoms with van der Waals surface area (Å²) >= 11 is 0. The van der Waals surface area contributed by atoms with E-state index >= 15 is 0 Å². The highest BCUT2D eigenvalue weighted by molar-refractivity contribution is 5.74. The van der Waals surface area contributed by atoms with Crippen molar-refractivity contribution in [3.63, 3.8) is 0 Å². The Morgan fingerprint density at radius 3 is 1.77 bits per heavy atom. The molecule has 0 aliphatic carbocycles. The zero-order valence-electron chi connectivity index (χ0n) is 22.7. The summed E-state index contributed by atoms with van der Waals surface area (Å²) in [4.78, 5) is 37.9. The van der Waals surface area contributed by atoms with Gasteiger partial charge in [0.2, 0.25) is 0 Å². The van der Waals surface area contributed by atoms with E-state index in [0.717, 1.165) is 45.1 Å². The van der Waals surface area contributed by atoms with Gasteiger partial charge in [0.15, 0.2) is 0 Å². The van der Waals surface area contributed by atoms with Crippen LogP contribution in [-0.4, -0.2) is 82.5 Å². The molecule has 35 heavy (non-hydrogen) atoms. The monoisotopic (exact) mass is 501 g/mol. The Morgan fingerprint density at radius 1 is 0.743 bits per heavy atom. The summed E-state index contributed by atoms with van der Waals surface area (Å²) in [6.07, 6.45) is 9.50. The molecule has 0 spiro atoms. The predicted molar refractivity (Wildman–Crippen MR) is 138 cm³/mol. The van der Waals surface area contributed by atoms with Gasteiger partial charge in [0.05, 0.1) is 26.4 Å². The maximum Gasteiger partial charge on any atom is 0.315 e. The maximum atomic E-state index is 12.3. The van der Waals surface area contributed by atoms with E-state index in [1.165, 1.54) is 0 Å². The van der Waals surface area contributed by atoms with Crippen LogP contribution in [0.25, 0.3) is 0 Å². The minimum absolute atomic E-state index is 0.0951. The molecule has 0 aromatic heterocycles. The molecule has 0 fully saturated rings. The third kappa shape index (κ3) is 23.6. The summed E-state index contributed by atoms with van der Waals surface area (Å²) in [5, 5.41) is 5.81. The number of likely N-dealkylation sites (N-methyl/N-ethyl adjacent to an activating group) is 1. The van der Waals surface area contributed by atoms with E-state index in [9.17, 15) is 14.4 Å². The van der Waals surface area contributed by atoms with E-state index < -0.39 is 0 Å². The number of ether oxygens (including phenoxy) is 3. The molecule has 0 aliphatic heterocycles. The molecule has 0 unspecified atom stereocenters. The highest BCUT2D eigenvalue weighted by Crippen LogP contribution is 2.08. The summed E-state index contributed by atoms with van der Waals surface area (Å²) < 4.78 is 16.1. The lowest BCUT2D eigenvalue weighted by molar-refractivity contribution is -0.144. The minimum atomic E-state index is -0.251. The van der Waals surface area contributed by atoms with Crippen LogP contribution in [0.5, 0.6) is 0 Å². The van der Waals surface area contributed by atoms with Crippen LogP contribution in [0.3, 0.4) is 0 Å². The van der Waals surface area contributed by atoms with Crippen LogP contribution in [0.15, 0.2) is 0 Å². The number of rotatable bonds is 23. The molecule has 2 N–H and O–H groups in total. The fourth-order valence-electron chi connectivity index (χ4n) is 3.33. The largest absolute Gasteiger partial charge is 0.466 e. The van der Waals surface area contributed by atoms with Gasteiger partial charge in [-0.25, -0.2) is 4.79 Å². The van der Waals surface area contributed by atoms with Crippen molar-refractivity contribution < 1.29 is 28.6 Å². The molecule has 0 saturated heterocycles. The second-order valence-corrected chi connectivity index (χ2v) is 9.15. The molecule has 0 aromatic carbocycles. The fourth-order valence-corrected chi connectivity index (χ4v) is 3.33. The molecule has 0 saturated carbocycles. The number of esters is 2. The van der Waals surface area contributed by atoms with Gasteiger partial charge in [-0.1, -0.05) is 39.5 Å². The average molecular weight is 502 g/mol. The summed E-state index contributed by atoms with van der Waals surface area (Å²) in [7, 11) is 3.96. The number of hydrogen-bond donors (Lipinski definition) is 2. The Labute approximate surface area is 213 Å². The molecule has 0 rings (SSSR count). The first-order valence-corrected chi connectivity index (χ1v) is 13.5. The van der Waals surface area contributed by atoms with Gasteiger partial charge in [0.25, 0.3) is 0 Å². The molecular formula is C26H51N3O6. The number of nitrogens with one attached hydrogen (secondary N) is 2. The normalized spacial score (nSPS) is 11.0. The molecule has 0 heterocycles. The van der Waals surface area contributed by atoms with Gasteiger partial charge >= 0.3 is 18.0 Å². The quantitative estimate of drug-likeness (QED) is 0.161. The first-order chi connectivity index (χ1) is 16.9. The van der Waals surface area contributed by atoms with E-state index in [2.05, 4.69) is 24.5 Å². The van der Waals surface area contributed by atoms with Crippen molar-refractivity contribution in [1.29, 1.82) is 0 Å². The van der Waals surface area contributed by atoms with E-state index in [0.29, 0.717) is 71.5 Å². The molecule has 0 atom stereocenters. The average Bonchev–Trinajstić information content (AvgIpc) is 2.81. The van der Waals surface area contributed by atoms with Gasteiger partial charge in [0.1, 0.15) is 0 Å². The number of hydrogen-bond acceptors (Lipinski definition) is 7. The van der Waals surface area contributed by atoms with E-state index in [4.69, 9.17) is 14.2 Å². The van der Waals surface area contributed by atoms with Crippen LogP contribution in [-0.2, 0) is 23.8 Å². The molecular weight excluding hydrogens is 450 g/mol. The summed E-state index contributed by atoms with van der Waals surface area (Å²) in [5.41, 5.74) is 0. The Morgan fingerprint density at radius 2 is 1.29 bits per heavy atom. The van der Waals surface area contributed by atoms with Crippen LogP contribution in [0.4, 0.5) is 4.79 Å². The second-order valence-electron chi connectivity index (χ2n) is 9.15. The van der Waals surface area contributed by atoms with Crippen molar-refractivity contribution in [2.45, 2.75) is 96.9 Å². The number of nitrogens with zero attached hydrogens (tertiary/aromatic N) is 1. The molecule has 206 valence electrons. The number of urea groups is 1. The van der Waals surface area contributed by atoms with Crippen molar-refractivity contribution in [2.24, 2.45) is 0 Å². The first-order valence-electron chi connectivity index (χ1n) is 13.5. The van der Waals surface area contributed by atoms with E-state index in [-0.39, 0.29) is 24.0 Å². The third-order valence-corrected chi connectivity index (χ3v) is 5.44. The fraction of sp³-hybridized carbons (Fsp3) is 0.885. The van der Waals surface area contributed by atoms with Gasteiger partial charge in [-0.15, -0.1) is 0 Å². The first kappa shape index (κ1) is 33.1. The van der Waals surface area contributed by atoms with Crippen LogP contribution in [0.2, 0.25) is 0 Å². The lowest BCUT2D eigenvalue weighted by Crippen LogP contribution is -2.43. The molecule has 0 radical (unpaired) electrons. The lowest BCUT2D eigenvalue weighted by Gasteiger charge is -2.19. The molecule has 2 amide bonds. The van der Waals surface area contributed by atoms with Gasteiger partial charge in [-0.05, 0) is 52.6 Å². The molecule has 0 bridgehead atoms. The van der Waals surface area contributed by atoms with Crippen LogP contribution in [0.1, 0.15) is 90.9 Å². The lowest BCUT2D eigenvalue weighted by atomic mass is 10.1. The number of unbranched alkanes of at least 4 members (excludes halogenated alkanes) is 4. The maximum absolute atomic E-state index is 12.3. The van der Waals surface area contributed by atoms with E-state index in [1.807, 2.05) is 19.0 Å². The smallest absolute Gasteiger partial charge is 0.315 e. The van der Waals surface area contributed by atoms with Crippen molar-refractivity contribution in [1.82, 2.24) is 15.5 Å². The van der Waals surface area contributed by atoms with Gasteiger partial charge < -0.3 is 29.7 Å². The van der Waals surface area contributed by atoms with Crippen molar-refractivity contribution in [3.8, 4) is 0 Å². The third-order valence-electron chi connectivity index (χ3n) is 5.44. The Bertz CT molecular complexity index is 515. The Kier molecular flexibility index (Phi) is 22.6. The number of carbonyl (C=O) groups excluding carboxylic acids is 3. The molecule has 9 nitrogen and oxygen atoms in total. The molecule has 0 aliphatic rings. The zero-order valence-corrected chi connectivity index (χ0v) is 22.7. The highest BCUT2D eigenvalue weighted by atomic mass is 16.5. The van der Waals surface area contributed by atoms with Crippen LogP contribution in [0, 0.1) is 0 Å². The topological polar surface area (TPSA) is 106 Å². The summed E-state index contributed by atoms with van der Waals surface area (Å²) in [6, 6.07) is -0.346. The second kappa shape index (κ2) is 23.9. The van der Waals surface area contributed by atoms with E-state index in [1.54, 1.807) is 0 Å². The zero-order chi connectivity index (χ0) is 26.2. The number of amides is 2. The van der Waals surface area contributed by atoms with Crippen molar-refractivity contribution in [2.75, 3.05) is 53.6 Å². The van der Waals surface area contributed by atoms with Crippen LogP contribution < -0.4 is 10.6 Å². The Hall–Kier alpha value is -1.87. The Balaban J connectivity index is 4.29. The molecule has 0 aromatic rings. The highest BCUT2D eigenvalue weighted by Gasteiger charge is 2.13. The van der Waals surface area contributed by atoms with Gasteiger partial charge in [0, 0.05) is 32.0 Å². The summed E-state index contributed by atoms with van der Waals surface area (Å²) in [5.74, 6) is -0.324.